The summed E-state index contributed by atoms with van der Waals surface area (Å²) in [6.07, 6.45) is 0.842. The SMILES string of the molecule is CCCN(C)C1=C(O)C(=O)NC1=O. The number of nitrogens with one attached hydrogen (secondary N) is 1. The molecule has 0 spiro atoms. The summed E-state index contributed by atoms with van der Waals surface area (Å²) in [6, 6.07) is 0. The van der Waals surface area contributed by atoms with Gasteiger partial charge in [-0.1, -0.05) is 6.92 Å². The lowest BCUT2D eigenvalue weighted by Crippen LogP contribution is -2.28. The lowest BCUT2D eigenvalue weighted by Gasteiger charge is -2.16. The van der Waals surface area contributed by atoms with E-state index in [4.69, 9.17) is 0 Å². The van der Waals surface area contributed by atoms with Crippen LogP contribution in [0.5, 0.6) is 0 Å². The van der Waals surface area contributed by atoms with Crippen LogP contribution >= 0.6 is 0 Å². The normalized spacial score (nSPS) is 16.5. The number of imide groups is 1. The molecule has 0 fully saturated rings. The molecule has 0 aromatic rings. The van der Waals surface area contributed by atoms with Gasteiger partial charge in [0.25, 0.3) is 11.8 Å². The van der Waals surface area contributed by atoms with E-state index >= 15 is 0 Å². The molecule has 0 saturated heterocycles. The third-order valence-corrected chi connectivity index (χ3v) is 1.82. The van der Waals surface area contributed by atoms with Crippen molar-refractivity contribution in [3.05, 3.63) is 11.5 Å². The highest BCUT2D eigenvalue weighted by atomic mass is 16.3. The summed E-state index contributed by atoms with van der Waals surface area (Å²) in [4.78, 5) is 23.5. The van der Waals surface area contributed by atoms with Crippen molar-refractivity contribution in [3.8, 4) is 0 Å². The van der Waals surface area contributed by atoms with Crippen LogP contribution in [-0.4, -0.2) is 35.4 Å². The molecule has 1 aliphatic rings. The summed E-state index contributed by atoms with van der Waals surface area (Å²) < 4.78 is 0. The van der Waals surface area contributed by atoms with E-state index in [2.05, 4.69) is 0 Å². The van der Waals surface area contributed by atoms with Crippen molar-refractivity contribution in [3.63, 3.8) is 0 Å². The molecule has 5 nitrogen and oxygen atoms in total. The summed E-state index contributed by atoms with van der Waals surface area (Å²) in [5.41, 5.74) is 0.0619. The highest BCUT2D eigenvalue weighted by Crippen LogP contribution is 2.13. The van der Waals surface area contributed by atoms with Crippen LogP contribution in [0.4, 0.5) is 0 Å². The molecule has 0 unspecified atom stereocenters. The highest BCUT2D eigenvalue weighted by molar-refractivity contribution is 6.17. The van der Waals surface area contributed by atoms with Crippen molar-refractivity contribution >= 4 is 11.8 Å². The first kappa shape index (κ1) is 9.57. The van der Waals surface area contributed by atoms with Crippen LogP contribution in [0.15, 0.2) is 11.5 Å². The van der Waals surface area contributed by atoms with E-state index < -0.39 is 17.6 Å². The summed E-state index contributed by atoms with van der Waals surface area (Å²) in [6.45, 7) is 2.57. The topological polar surface area (TPSA) is 69.6 Å². The van der Waals surface area contributed by atoms with Crippen molar-refractivity contribution in [2.45, 2.75) is 13.3 Å². The Hall–Kier alpha value is -1.52. The van der Waals surface area contributed by atoms with Crippen LogP contribution < -0.4 is 5.32 Å². The number of amides is 2. The van der Waals surface area contributed by atoms with Crippen molar-refractivity contribution < 1.29 is 14.7 Å². The van der Waals surface area contributed by atoms with Gasteiger partial charge in [-0.2, -0.15) is 0 Å². The average Bonchev–Trinajstić information content (AvgIpc) is 2.27. The minimum atomic E-state index is -0.719. The van der Waals surface area contributed by atoms with Crippen LogP contribution in [-0.2, 0) is 9.59 Å². The fourth-order valence-electron chi connectivity index (χ4n) is 1.24. The molecule has 13 heavy (non-hydrogen) atoms. The number of rotatable bonds is 3. The molecule has 0 aromatic heterocycles. The zero-order valence-electron chi connectivity index (χ0n) is 7.63. The maximum absolute atomic E-state index is 11.1. The number of hydrogen-bond donors (Lipinski definition) is 2. The smallest absolute Gasteiger partial charge is 0.295 e. The van der Waals surface area contributed by atoms with E-state index in [-0.39, 0.29) is 5.70 Å². The molecule has 0 aliphatic carbocycles. The Morgan fingerprint density at radius 1 is 1.38 bits per heavy atom. The number of nitrogens with zero attached hydrogens (tertiary/aromatic N) is 1. The molecule has 2 amide bonds. The highest BCUT2D eigenvalue weighted by Gasteiger charge is 2.32. The monoisotopic (exact) mass is 184 g/mol. The van der Waals surface area contributed by atoms with Crippen molar-refractivity contribution in [1.82, 2.24) is 10.2 Å². The van der Waals surface area contributed by atoms with Crippen LogP contribution in [0.1, 0.15) is 13.3 Å². The lowest BCUT2D eigenvalue weighted by molar-refractivity contribution is -0.125. The van der Waals surface area contributed by atoms with E-state index in [1.165, 1.54) is 0 Å². The Kier molecular flexibility index (Phi) is 2.55. The predicted molar refractivity (Wildman–Crippen MR) is 45.7 cm³/mol. The number of aliphatic hydroxyl groups is 1. The first-order valence-electron chi connectivity index (χ1n) is 4.08. The van der Waals surface area contributed by atoms with Crippen LogP contribution in [0.25, 0.3) is 0 Å². The van der Waals surface area contributed by atoms with Gasteiger partial charge in [-0.15, -0.1) is 0 Å². The average molecular weight is 184 g/mol. The molecular formula is C8H12N2O3. The Balaban J connectivity index is 2.88. The minimum absolute atomic E-state index is 0.0619. The quantitative estimate of drug-likeness (QED) is 0.593. The Morgan fingerprint density at radius 3 is 2.38 bits per heavy atom. The van der Waals surface area contributed by atoms with Gasteiger partial charge in [0.1, 0.15) is 0 Å². The van der Waals surface area contributed by atoms with E-state index in [0.717, 1.165) is 6.42 Å². The van der Waals surface area contributed by atoms with E-state index in [1.54, 1.807) is 11.9 Å². The first-order valence-corrected chi connectivity index (χ1v) is 4.08. The number of carbonyl (C=O) groups is 2. The van der Waals surface area contributed by atoms with Gasteiger partial charge in [-0.3, -0.25) is 14.9 Å². The molecule has 5 heteroatoms. The molecule has 0 radical (unpaired) electrons. The Labute approximate surface area is 76.0 Å². The molecule has 0 aromatic carbocycles. The molecular weight excluding hydrogens is 172 g/mol. The molecule has 1 heterocycles. The lowest BCUT2D eigenvalue weighted by atomic mass is 10.3. The molecule has 0 atom stereocenters. The minimum Gasteiger partial charge on any atom is -0.501 e. The van der Waals surface area contributed by atoms with Gasteiger partial charge in [-0.05, 0) is 6.42 Å². The molecule has 72 valence electrons. The van der Waals surface area contributed by atoms with Gasteiger partial charge in [0, 0.05) is 13.6 Å². The standard InChI is InChI=1S/C8H12N2O3/c1-3-4-10(2)5-6(11)8(13)9-7(5)12/h3-4H2,1-2H3,(H2,9,11,12,13). The van der Waals surface area contributed by atoms with Gasteiger partial charge in [-0.25, -0.2) is 0 Å². The van der Waals surface area contributed by atoms with E-state index in [0.29, 0.717) is 6.54 Å². The third-order valence-electron chi connectivity index (χ3n) is 1.82. The molecule has 0 bridgehead atoms. The summed E-state index contributed by atoms with van der Waals surface area (Å²) in [7, 11) is 1.66. The van der Waals surface area contributed by atoms with Gasteiger partial charge in [0.2, 0.25) is 5.76 Å². The van der Waals surface area contributed by atoms with Gasteiger partial charge < -0.3 is 10.0 Å². The van der Waals surface area contributed by atoms with E-state index in [9.17, 15) is 14.7 Å². The summed E-state index contributed by atoms with van der Waals surface area (Å²) >= 11 is 0. The maximum Gasteiger partial charge on any atom is 0.295 e. The first-order chi connectivity index (χ1) is 6.07. The Bertz CT molecular complexity index is 283. The number of aliphatic hydroxyl groups excluding tert-OH is 1. The summed E-state index contributed by atoms with van der Waals surface area (Å²) in [5, 5.41) is 11.2. The van der Waals surface area contributed by atoms with Gasteiger partial charge >= 0.3 is 0 Å². The van der Waals surface area contributed by atoms with Crippen LogP contribution in [0.3, 0.4) is 0 Å². The Morgan fingerprint density at radius 2 is 2.00 bits per heavy atom. The second-order valence-corrected chi connectivity index (χ2v) is 2.90. The van der Waals surface area contributed by atoms with Gasteiger partial charge in [0.15, 0.2) is 5.70 Å². The molecule has 1 aliphatic heterocycles. The largest absolute Gasteiger partial charge is 0.501 e. The fraction of sp³-hybridized carbons (Fsp3) is 0.500. The fourth-order valence-corrected chi connectivity index (χ4v) is 1.24. The van der Waals surface area contributed by atoms with E-state index in [1.807, 2.05) is 12.2 Å². The van der Waals surface area contributed by atoms with Crippen molar-refractivity contribution in [1.29, 1.82) is 0 Å². The molecule has 2 N–H and O–H groups in total. The summed E-state index contributed by atoms with van der Waals surface area (Å²) in [5.74, 6) is -1.73. The maximum atomic E-state index is 11.1. The zero-order valence-corrected chi connectivity index (χ0v) is 7.63. The number of likely N-dealkylation sites (N-methyl/N-ethyl adjacent to an activating group) is 1. The number of carbonyl (C=O) groups excluding carboxylic acids is 2. The second kappa shape index (κ2) is 3.47. The van der Waals surface area contributed by atoms with Crippen LogP contribution in [0.2, 0.25) is 0 Å². The second-order valence-electron chi connectivity index (χ2n) is 2.90. The van der Waals surface area contributed by atoms with Crippen LogP contribution in [0, 0.1) is 0 Å². The zero-order chi connectivity index (χ0) is 10.0. The predicted octanol–water partition coefficient (Wildman–Crippen LogP) is -0.246. The number of hydrogen-bond acceptors (Lipinski definition) is 4. The van der Waals surface area contributed by atoms with Crippen molar-refractivity contribution in [2.75, 3.05) is 13.6 Å². The van der Waals surface area contributed by atoms with Crippen molar-refractivity contribution in [2.24, 2.45) is 0 Å². The molecule has 0 saturated carbocycles. The van der Waals surface area contributed by atoms with Gasteiger partial charge in [0.05, 0.1) is 0 Å². The molecule has 1 rings (SSSR count). The third kappa shape index (κ3) is 1.63.